The number of hydrogen-bond donors (Lipinski definition) is 0. The van der Waals surface area contributed by atoms with Gasteiger partial charge in [0.25, 0.3) is 0 Å². The second-order valence-corrected chi connectivity index (χ2v) is 4.98. The molecule has 5 heteroatoms. The van der Waals surface area contributed by atoms with Gasteiger partial charge < -0.3 is 14.4 Å². The Morgan fingerprint density at radius 2 is 1.89 bits per heavy atom. The molecule has 0 aromatic carbocycles. The van der Waals surface area contributed by atoms with E-state index in [0.29, 0.717) is 19.8 Å². The quantitative estimate of drug-likeness (QED) is 0.536. The number of morpholine rings is 1. The van der Waals surface area contributed by atoms with Crippen molar-refractivity contribution < 1.29 is 14.3 Å². The number of carbonyl (C=O) groups is 1. The van der Waals surface area contributed by atoms with Crippen molar-refractivity contribution in [3.63, 3.8) is 0 Å². The Bertz CT molecular complexity index is 289. The second-order valence-electron chi connectivity index (χ2n) is 4.98. The first-order valence-corrected chi connectivity index (χ1v) is 6.03. The predicted molar refractivity (Wildman–Crippen MR) is 73.0 cm³/mol. The van der Waals surface area contributed by atoms with Crippen LogP contribution in [0.4, 0.5) is 4.79 Å². The zero-order chi connectivity index (χ0) is 12.9. The maximum absolute atomic E-state index is 11.5. The fourth-order valence-electron chi connectivity index (χ4n) is 1.73. The molecule has 5 nitrogen and oxygen atoms in total. The van der Waals surface area contributed by atoms with E-state index in [-0.39, 0.29) is 12.8 Å². The number of carbonyl (C=O) groups excluding carboxylic acids is 1. The summed E-state index contributed by atoms with van der Waals surface area (Å²) in [5.74, 6) is 0.777. The van der Waals surface area contributed by atoms with Crippen molar-refractivity contribution in [3.8, 4) is 0 Å². The minimum absolute atomic E-state index is 0. The summed E-state index contributed by atoms with van der Waals surface area (Å²) >= 11 is 0. The topological polar surface area (TPSA) is 51.1 Å². The molecular weight excluding hydrogens is 232 g/mol. The summed E-state index contributed by atoms with van der Waals surface area (Å²) in [5.41, 5.74) is -0.176. The van der Waals surface area contributed by atoms with Gasteiger partial charge in [0.05, 0.1) is 19.8 Å². The van der Waals surface area contributed by atoms with Crippen LogP contribution < -0.4 is 0 Å². The van der Waals surface area contributed by atoms with Gasteiger partial charge in [-0.2, -0.15) is 4.99 Å². The van der Waals surface area contributed by atoms with Gasteiger partial charge in [-0.1, -0.05) is 28.2 Å². The van der Waals surface area contributed by atoms with E-state index in [4.69, 9.17) is 9.47 Å². The van der Waals surface area contributed by atoms with Gasteiger partial charge in [-0.15, -0.1) is 0 Å². The highest BCUT2D eigenvalue weighted by Gasteiger charge is 2.27. The number of aliphatic imine (C=N–C) groups is 1. The number of rotatable bonds is 1. The molecule has 0 atom stereocenters. The highest BCUT2D eigenvalue weighted by Crippen LogP contribution is 2.20. The first-order chi connectivity index (χ1) is 7.95. The zero-order valence-electron chi connectivity index (χ0n) is 11.2. The SMILES string of the molecule is C.CCOC(=O)N=C(N1CCOCC1)C(C)(C)C. The van der Waals surface area contributed by atoms with Gasteiger partial charge in [-0.05, 0) is 6.92 Å². The van der Waals surface area contributed by atoms with Crippen LogP contribution in [0.5, 0.6) is 0 Å². The monoisotopic (exact) mass is 258 g/mol. The summed E-state index contributed by atoms with van der Waals surface area (Å²) in [6.45, 7) is 11.2. The van der Waals surface area contributed by atoms with E-state index < -0.39 is 6.09 Å². The van der Waals surface area contributed by atoms with Gasteiger partial charge in [0.1, 0.15) is 5.84 Å². The first-order valence-electron chi connectivity index (χ1n) is 6.03. The van der Waals surface area contributed by atoms with Crippen molar-refractivity contribution in [2.45, 2.75) is 35.1 Å². The highest BCUT2D eigenvalue weighted by molar-refractivity contribution is 5.95. The van der Waals surface area contributed by atoms with Crippen LogP contribution in [0.25, 0.3) is 0 Å². The summed E-state index contributed by atoms with van der Waals surface area (Å²) in [7, 11) is 0. The second kappa shape index (κ2) is 7.36. The maximum atomic E-state index is 11.5. The summed E-state index contributed by atoms with van der Waals surface area (Å²) in [4.78, 5) is 17.7. The van der Waals surface area contributed by atoms with Gasteiger partial charge in [0, 0.05) is 18.5 Å². The highest BCUT2D eigenvalue weighted by atomic mass is 16.5. The Morgan fingerprint density at radius 3 is 2.33 bits per heavy atom. The predicted octanol–water partition coefficient (Wildman–Crippen LogP) is 2.56. The van der Waals surface area contributed by atoms with Gasteiger partial charge in [0.2, 0.25) is 0 Å². The molecule has 18 heavy (non-hydrogen) atoms. The number of ether oxygens (including phenoxy) is 2. The third-order valence-electron chi connectivity index (χ3n) is 2.45. The molecule has 1 fully saturated rings. The van der Waals surface area contributed by atoms with Crippen molar-refractivity contribution in [2.24, 2.45) is 10.4 Å². The molecule has 106 valence electrons. The van der Waals surface area contributed by atoms with Gasteiger partial charge >= 0.3 is 6.09 Å². The Morgan fingerprint density at radius 1 is 1.33 bits per heavy atom. The summed E-state index contributed by atoms with van der Waals surface area (Å²) < 4.78 is 10.2. The van der Waals surface area contributed by atoms with Crippen LogP contribution in [0.3, 0.4) is 0 Å². The molecule has 1 aliphatic heterocycles. The summed E-state index contributed by atoms with van der Waals surface area (Å²) in [5, 5.41) is 0. The van der Waals surface area contributed by atoms with Crippen LogP contribution in [-0.2, 0) is 9.47 Å². The Hall–Kier alpha value is -1.10. The molecule has 0 radical (unpaired) electrons. The molecule has 1 heterocycles. The molecule has 0 spiro atoms. The lowest BCUT2D eigenvalue weighted by atomic mass is 9.93. The minimum atomic E-state index is -0.510. The smallest absolute Gasteiger partial charge is 0.435 e. The molecule has 0 unspecified atom stereocenters. The van der Waals surface area contributed by atoms with Crippen LogP contribution in [0, 0.1) is 5.41 Å². The van der Waals surface area contributed by atoms with E-state index in [1.54, 1.807) is 6.92 Å². The number of amidine groups is 1. The molecular formula is C13H26N2O3. The van der Waals surface area contributed by atoms with Crippen LogP contribution in [-0.4, -0.2) is 49.7 Å². The Balaban J connectivity index is 0.00000289. The van der Waals surface area contributed by atoms with Crippen molar-refractivity contribution in [2.75, 3.05) is 32.9 Å². The largest absolute Gasteiger partial charge is 0.448 e. The van der Waals surface area contributed by atoms with Crippen molar-refractivity contribution in [3.05, 3.63) is 0 Å². The number of nitrogens with zero attached hydrogens (tertiary/aromatic N) is 2. The standard InChI is InChI=1S/C12H22N2O3.CH4/c1-5-17-11(15)13-10(12(2,3)4)14-6-8-16-9-7-14;/h5-9H2,1-4H3;1H4. The lowest BCUT2D eigenvalue weighted by molar-refractivity contribution is 0.0642. The average Bonchev–Trinajstić information content (AvgIpc) is 2.26. The van der Waals surface area contributed by atoms with E-state index in [0.717, 1.165) is 18.9 Å². The lowest BCUT2D eigenvalue weighted by Gasteiger charge is -2.35. The third kappa shape index (κ3) is 5.04. The Kier molecular flexibility index (Phi) is 6.91. The summed E-state index contributed by atoms with van der Waals surface area (Å²) in [6.07, 6.45) is -0.510. The molecule has 1 aliphatic rings. The molecule has 0 aromatic rings. The van der Waals surface area contributed by atoms with Crippen molar-refractivity contribution in [1.29, 1.82) is 0 Å². The van der Waals surface area contributed by atoms with Gasteiger partial charge in [-0.25, -0.2) is 4.79 Å². The average molecular weight is 258 g/mol. The fraction of sp³-hybridized carbons (Fsp3) is 0.846. The normalized spacial score (nSPS) is 17.1. The van der Waals surface area contributed by atoms with E-state index in [9.17, 15) is 4.79 Å². The van der Waals surface area contributed by atoms with Gasteiger partial charge in [0.15, 0.2) is 0 Å². The van der Waals surface area contributed by atoms with Crippen LogP contribution in [0.1, 0.15) is 35.1 Å². The van der Waals surface area contributed by atoms with E-state index >= 15 is 0 Å². The number of amides is 1. The molecule has 1 amide bonds. The maximum Gasteiger partial charge on any atom is 0.435 e. The summed E-state index contributed by atoms with van der Waals surface area (Å²) in [6, 6.07) is 0. The van der Waals surface area contributed by atoms with E-state index in [1.807, 2.05) is 20.8 Å². The van der Waals surface area contributed by atoms with Gasteiger partial charge in [-0.3, -0.25) is 0 Å². The van der Waals surface area contributed by atoms with E-state index in [1.165, 1.54) is 0 Å². The minimum Gasteiger partial charge on any atom is -0.448 e. The van der Waals surface area contributed by atoms with Crippen LogP contribution in [0.2, 0.25) is 0 Å². The molecule has 0 N–H and O–H groups in total. The number of hydrogen-bond acceptors (Lipinski definition) is 3. The molecule has 0 aromatic heterocycles. The molecule has 0 saturated carbocycles. The van der Waals surface area contributed by atoms with Crippen molar-refractivity contribution in [1.82, 2.24) is 4.90 Å². The van der Waals surface area contributed by atoms with E-state index in [2.05, 4.69) is 9.89 Å². The lowest BCUT2D eigenvalue weighted by Crippen LogP contribution is -2.46. The van der Waals surface area contributed by atoms with Crippen LogP contribution in [0.15, 0.2) is 4.99 Å². The molecule has 1 saturated heterocycles. The molecule has 1 rings (SSSR count). The Labute approximate surface area is 110 Å². The molecule has 0 aliphatic carbocycles. The fourth-order valence-corrected chi connectivity index (χ4v) is 1.73. The van der Waals surface area contributed by atoms with Crippen LogP contribution >= 0.6 is 0 Å². The zero-order valence-corrected chi connectivity index (χ0v) is 11.2. The third-order valence-corrected chi connectivity index (χ3v) is 2.45. The molecule has 0 bridgehead atoms. The first kappa shape index (κ1) is 16.9. The van der Waals surface area contributed by atoms with Crippen molar-refractivity contribution >= 4 is 11.9 Å².